The number of amidine groups is 1. The van der Waals surface area contributed by atoms with Gasteiger partial charge in [-0.1, -0.05) is 6.07 Å². The Morgan fingerprint density at radius 3 is 2.79 bits per heavy atom. The second-order valence-corrected chi connectivity index (χ2v) is 3.87. The molecule has 0 fully saturated rings. The standard InChI is InChI=1S/C11H13FN2/c1-7(2)14-6-8-3-4-9(12)5-10(8)11(14)13/h3-5,7,13H,6H2,1-2H3. The zero-order valence-corrected chi connectivity index (χ0v) is 8.34. The molecule has 74 valence electrons. The highest BCUT2D eigenvalue weighted by molar-refractivity contribution is 6.00. The summed E-state index contributed by atoms with van der Waals surface area (Å²) in [4.78, 5) is 1.96. The molecule has 2 rings (SSSR count). The predicted octanol–water partition coefficient (Wildman–Crippen LogP) is 2.38. The zero-order valence-electron chi connectivity index (χ0n) is 8.34. The molecule has 0 saturated carbocycles. The average molecular weight is 192 g/mol. The van der Waals surface area contributed by atoms with E-state index in [1.807, 2.05) is 18.7 Å². The van der Waals surface area contributed by atoms with Crippen LogP contribution in [0.15, 0.2) is 18.2 Å². The molecule has 3 heteroatoms. The van der Waals surface area contributed by atoms with Crippen LogP contribution < -0.4 is 0 Å². The quantitative estimate of drug-likeness (QED) is 0.726. The van der Waals surface area contributed by atoms with Crippen LogP contribution in [0.1, 0.15) is 25.0 Å². The molecular formula is C11H13FN2. The molecule has 0 unspecified atom stereocenters. The van der Waals surface area contributed by atoms with Crippen LogP contribution in [0.25, 0.3) is 0 Å². The summed E-state index contributed by atoms with van der Waals surface area (Å²) in [5, 5.41) is 7.87. The smallest absolute Gasteiger partial charge is 0.129 e. The van der Waals surface area contributed by atoms with Gasteiger partial charge in [-0.3, -0.25) is 5.41 Å². The number of hydrogen-bond donors (Lipinski definition) is 1. The minimum Gasteiger partial charge on any atom is -0.350 e. The van der Waals surface area contributed by atoms with Gasteiger partial charge in [-0.15, -0.1) is 0 Å². The van der Waals surface area contributed by atoms with Crippen LogP contribution in [0.2, 0.25) is 0 Å². The van der Waals surface area contributed by atoms with E-state index in [1.54, 1.807) is 6.07 Å². The third kappa shape index (κ3) is 1.29. The van der Waals surface area contributed by atoms with E-state index in [-0.39, 0.29) is 11.9 Å². The summed E-state index contributed by atoms with van der Waals surface area (Å²) >= 11 is 0. The van der Waals surface area contributed by atoms with Crippen molar-refractivity contribution < 1.29 is 4.39 Å². The fourth-order valence-electron chi connectivity index (χ4n) is 1.77. The molecule has 1 N–H and O–H groups in total. The van der Waals surface area contributed by atoms with Gasteiger partial charge in [-0.2, -0.15) is 0 Å². The molecule has 0 spiro atoms. The van der Waals surface area contributed by atoms with Crippen molar-refractivity contribution in [3.05, 3.63) is 35.1 Å². The topological polar surface area (TPSA) is 27.1 Å². The van der Waals surface area contributed by atoms with Crippen molar-refractivity contribution in [3.8, 4) is 0 Å². The van der Waals surface area contributed by atoms with Gasteiger partial charge in [0.15, 0.2) is 0 Å². The van der Waals surface area contributed by atoms with Gasteiger partial charge in [0.25, 0.3) is 0 Å². The van der Waals surface area contributed by atoms with Crippen molar-refractivity contribution in [2.75, 3.05) is 0 Å². The van der Waals surface area contributed by atoms with E-state index in [0.29, 0.717) is 5.84 Å². The monoisotopic (exact) mass is 192 g/mol. The molecule has 1 aliphatic rings. The van der Waals surface area contributed by atoms with Crippen LogP contribution >= 0.6 is 0 Å². The zero-order chi connectivity index (χ0) is 10.3. The van der Waals surface area contributed by atoms with E-state index in [1.165, 1.54) is 12.1 Å². The molecule has 0 amide bonds. The fourth-order valence-corrected chi connectivity index (χ4v) is 1.77. The van der Waals surface area contributed by atoms with Gasteiger partial charge in [0.2, 0.25) is 0 Å². The maximum absolute atomic E-state index is 12.9. The Morgan fingerprint density at radius 1 is 1.43 bits per heavy atom. The molecule has 0 atom stereocenters. The first-order valence-electron chi connectivity index (χ1n) is 4.73. The highest BCUT2D eigenvalue weighted by Crippen LogP contribution is 2.24. The normalized spacial score (nSPS) is 15.1. The SMILES string of the molecule is CC(C)N1Cc2ccc(F)cc2C1=N. The first-order chi connectivity index (χ1) is 6.59. The summed E-state index contributed by atoms with van der Waals surface area (Å²) in [6.45, 7) is 4.81. The molecule has 1 aromatic carbocycles. The second kappa shape index (κ2) is 3.08. The number of nitrogens with zero attached hydrogens (tertiary/aromatic N) is 1. The van der Waals surface area contributed by atoms with E-state index in [9.17, 15) is 4.39 Å². The largest absolute Gasteiger partial charge is 0.350 e. The molecule has 1 aromatic rings. The van der Waals surface area contributed by atoms with Crippen LogP contribution in [0.4, 0.5) is 4.39 Å². The van der Waals surface area contributed by atoms with E-state index in [0.717, 1.165) is 17.7 Å². The molecule has 14 heavy (non-hydrogen) atoms. The molecule has 1 aliphatic heterocycles. The molecule has 1 heterocycles. The van der Waals surface area contributed by atoms with Gasteiger partial charge in [0, 0.05) is 18.2 Å². The summed E-state index contributed by atoms with van der Waals surface area (Å²) in [5.74, 6) is 0.175. The van der Waals surface area contributed by atoms with Gasteiger partial charge < -0.3 is 4.90 Å². The highest BCUT2D eigenvalue weighted by atomic mass is 19.1. The Kier molecular flexibility index (Phi) is 2.02. The Hall–Kier alpha value is -1.38. The van der Waals surface area contributed by atoms with Crippen molar-refractivity contribution in [1.29, 1.82) is 5.41 Å². The molecule has 0 radical (unpaired) electrons. The average Bonchev–Trinajstić information content (AvgIpc) is 2.44. The molecular weight excluding hydrogens is 179 g/mol. The van der Waals surface area contributed by atoms with E-state index < -0.39 is 0 Å². The predicted molar refractivity (Wildman–Crippen MR) is 53.9 cm³/mol. The lowest BCUT2D eigenvalue weighted by atomic mass is 10.1. The Balaban J connectivity index is 2.41. The number of fused-ring (bicyclic) bond motifs is 1. The van der Waals surface area contributed by atoms with E-state index in [4.69, 9.17) is 5.41 Å². The van der Waals surface area contributed by atoms with Gasteiger partial charge in [-0.25, -0.2) is 4.39 Å². The maximum Gasteiger partial charge on any atom is 0.129 e. The fraction of sp³-hybridized carbons (Fsp3) is 0.364. The second-order valence-electron chi connectivity index (χ2n) is 3.87. The van der Waals surface area contributed by atoms with Gasteiger partial charge in [0.05, 0.1) is 0 Å². The summed E-state index contributed by atoms with van der Waals surface area (Å²) < 4.78 is 12.9. The first kappa shape index (κ1) is 9.19. The Morgan fingerprint density at radius 2 is 2.14 bits per heavy atom. The van der Waals surface area contributed by atoms with Crippen molar-refractivity contribution >= 4 is 5.84 Å². The minimum absolute atomic E-state index is 0.265. The van der Waals surface area contributed by atoms with E-state index >= 15 is 0 Å². The van der Waals surface area contributed by atoms with Crippen molar-refractivity contribution in [2.24, 2.45) is 0 Å². The first-order valence-corrected chi connectivity index (χ1v) is 4.73. The lowest BCUT2D eigenvalue weighted by molar-refractivity contribution is 0.355. The molecule has 0 bridgehead atoms. The van der Waals surface area contributed by atoms with Crippen LogP contribution in [-0.2, 0) is 6.54 Å². The van der Waals surface area contributed by atoms with Gasteiger partial charge in [-0.05, 0) is 31.5 Å². The van der Waals surface area contributed by atoms with Crippen LogP contribution in [0.3, 0.4) is 0 Å². The number of halogens is 1. The lowest BCUT2D eigenvalue weighted by Gasteiger charge is -2.22. The highest BCUT2D eigenvalue weighted by Gasteiger charge is 2.25. The summed E-state index contributed by atoms with van der Waals surface area (Å²) in [5.41, 5.74) is 1.78. The van der Waals surface area contributed by atoms with Crippen LogP contribution in [0.5, 0.6) is 0 Å². The van der Waals surface area contributed by atoms with Crippen molar-refractivity contribution in [2.45, 2.75) is 26.4 Å². The molecule has 0 saturated heterocycles. The number of benzene rings is 1. The number of nitrogens with one attached hydrogen (secondary N) is 1. The Labute approximate surface area is 82.9 Å². The van der Waals surface area contributed by atoms with Crippen molar-refractivity contribution in [3.63, 3.8) is 0 Å². The number of rotatable bonds is 1. The van der Waals surface area contributed by atoms with Crippen molar-refractivity contribution in [1.82, 2.24) is 4.90 Å². The minimum atomic E-state index is -0.265. The lowest BCUT2D eigenvalue weighted by Crippen LogP contribution is -2.30. The van der Waals surface area contributed by atoms with Gasteiger partial charge in [0.1, 0.15) is 11.7 Å². The third-order valence-electron chi connectivity index (χ3n) is 2.58. The molecule has 2 nitrogen and oxygen atoms in total. The third-order valence-corrected chi connectivity index (χ3v) is 2.58. The van der Waals surface area contributed by atoms with E-state index in [2.05, 4.69) is 0 Å². The summed E-state index contributed by atoms with van der Waals surface area (Å²) in [6.07, 6.45) is 0. The summed E-state index contributed by atoms with van der Waals surface area (Å²) in [7, 11) is 0. The number of hydrogen-bond acceptors (Lipinski definition) is 1. The van der Waals surface area contributed by atoms with Gasteiger partial charge >= 0.3 is 0 Å². The summed E-state index contributed by atoms with van der Waals surface area (Å²) in [6, 6.07) is 4.95. The Bertz CT molecular complexity index is 385. The van der Waals surface area contributed by atoms with Crippen LogP contribution in [-0.4, -0.2) is 16.8 Å². The van der Waals surface area contributed by atoms with Crippen LogP contribution in [0, 0.1) is 11.2 Å². The maximum atomic E-state index is 12.9. The molecule has 0 aliphatic carbocycles. The molecule has 0 aromatic heterocycles.